The highest BCUT2D eigenvalue weighted by molar-refractivity contribution is 7.89. The summed E-state index contributed by atoms with van der Waals surface area (Å²) in [5, 5.41) is 0. The zero-order valence-electron chi connectivity index (χ0n) is 12.4. The molecule has 1 saturated heterocycles. The number of hydrogen-bond acceptors (Lipinski definition) is 3. The van der Waals surface area contributed by atoms with Crippen LogP contribution in [-0.2, 0) is 14.8 Å². The number of nitrogens with zero attached hydrogens (tertiary/aromatic N) is 1. The van der Waals surface area contributed by atoms with Crippen molar-refractivity contribution in [2.45, 2.75) is 57.3 Å². The summed E-state index contributed by atoms with van der Waals surface area (Å²) in [5.41, 5.74) is 0. The first-order chi connectivity index (χ1) is 10.1. The molecule has 2 atom stereocenters. The molecule has 1 saturated carbocycles. The SMILES string of the molecule is CC(=O)N1CC(NS(=O)(=O)CCC2CC2)CCC1C(F)(F)F. The number of sulfonamides is 1. The number of nitrogens with one attached hydrogen (secondary N) is 1. The van der Waals surface area contributed by atoms with Gasteiger partial charge in [0.15, 0.2) is 0 Å². The van der Waals surface area contributed by atoms with Crippen LogP contribution < -0.4 is 4.72 Å². The molecule has 0 bridgehead atoms. The van der Waals surface area contributed by atoms with Crippen molar-refractivity contribution in [1.82, 2.24) is 9.62 Å². The first-order valence-electron chi connectivity index (χ1n) is 7.42. The summed E-state index contributed by atoms with van der Waals surface area (Å²) in [6, 6.07) is -2.47. The molecular formula is C13H21F3N2O3S. The Balaban J connectivity index is 1.94. The second-order valence-corrected chi connectivity index (χ2v) is 8.05. The molecule has 5 nitrogen and oxygen atoms in total. The third-order valence-corrected chi connectivity index (χ3v) is 5.67. The Morgan fingerprint density at radius 2 is 1.86 bits per heavy atom. The number of likely N-dealkylation sites (tertiary alicyclic amines) is 1. The first-order valence-corrected chi connectivity index (χ1v) is 9.07. The monoisotopic (exact) mass is 342 g/mol. The van der Waals surface area contributed by atoms with Gasteiger partial charge >= 0.3 is 6.18 Å². The Hall–Kier alpha value is -0.830. The molecule has 1 aliphatic heterocycles. The number of amides is 1. The standard InChI is InChI=1S/C13H21F3N2O3S/c1-9(19)18-8-11(4-5-12(18)13(14,15)16)17-22(20,21)7-6-10-2-3-10/h10-12,17H,2-8H2,1H3. The fourth-order valence-corrected chi connectivity index (χ4v) is 4.26. The van der Waals surface area contributed by atoms with Gasteiger partial charge in [-0.05, 0) is 25.2 Å². The van der Waals surface area contributed by atoms with Gasteiger partial charge in [0.2, 0.25) is 15.9 Å². The zero-order chi connectivity index (χ0) is 16.5. The number of carbonyl (C=O) groups excluding carboxylic acids is 1. The van der Waals surface area contributed by atoms with Crippen molar-refractivity contribution in [2.24, 2.45) is 5.92 Å². The molecule has 0 aromatic rings. The van der Waals surface area contributed by atoms with Crippen LogP contribution in [0.2, 0.25) is 0 Å². The Morgan fingerprint density at radius 1 is 1.23 bits per heavy atom. The number of carbonyl (C=O) groups is 1. The lowest BCUT2D eigenvalue weighted by molar-refractivity contribution is -0.196. The molecule has 22 heavy (non-hydrogen) atoms. The number of alkyl halides is 3. The maximum atomic E-state index is 12.9. The molecule has 0 aromatic carbocycles. The van der Waals surface area contributed by atoms with E-state index in [9.17, 15) is 26.4 Å². The van der Waals surface area contributed by atoms with Crippen LogP contribution in [0.1, 0.15) is 39.0 Å². The molecule has 128 valence electrons. The second kappa shape index (κ2) is 6.35. The largest absolute Gasteiger partial charge is 0.408 e. The highest BCUT2D eigenvalue weighted by Gasteiger charge is 2.47. The van der Waals surface area contributed by atoms with Gasteiger partial charge < -0.3 is 4.90 Å². The van der Waals surface area contributed by atoms with Gasteiger partial charge in [0, 0.05) is 19.5 Å². The van der Waals surface area contributed by atoms with Crippen LogP contribution in [0.3, 0.4) is 0 Å². The van der Waals surface area contributed by atoms with E-state index in [1.807, 2.05) is 0 Å². The van der Waals surface area contributed by atoms with Crippen LogP contribution in [0, 0.1) is 5.92 Å². The molecule has 0 spiro atoms. The van der Waals surface area contributed by atoms with E-state index in [0.29, 0.717) is 12.3 Å². The normalized spacial score (nSPS) is 27.0. The number of hydrogen-bond donors (Lipinski definition) is 1. The lowest BCUT2D eigenvalue weighted by atomic mass is 9.98. The number of piperidine rings is 1. The molecular weight excluding hydrogens is 321 g/mol. The third-order valence-electron chi connectivity index (χ3n) is 4.20. The minimum Gasteiger partial charge on any atom is -0.329 e. The quantitative estimate of drug-likeness (QED) is 0.826. The van der Waals surface area contributed by atoms with Crippen LogP contribution in [0.4, 0.5) is 13.2 Å². The lowest BCUT2D eigenvalue weighted by Crippen LogP contribution is -2.57. The van der Waals surface area contributed by atoms with E-state index in [-0.39, 0.29) is 25.1 Å². The minimum atomic E-state index is -4.48. The van der Waals surface area contributed by atoms with Crippen LogP contribution in [0.25, 0.3) is 0 Å². The molecule has 2 unspecified atom stereocenters. The van der Waals surface area contributed by atoms with Crippen LogP contribution >= 0.6 is 0 Å². The Morgan fingerprint density at radius 3 is 2.36 bits per heavy atom. The first kappa shape index (κ1) is 17.5. The summed E-state index contributed by atoms with van der Waals surface area (Å²) in [5.74, 6) is -0.229. The second-order valence-electron chi connectivity index (χ2n) is 6.17. The van der Waals surface area contributed by atoms with Crippen LogP contribution in [0.15, 0.2) is 0 Å². The van der Waals surface area contributed by atoms with Gasteiger partial charge in [0.25, 0.3) is 0 Å². The molecule has 9 heteroatoms. The molecule has 2 fully saturated rings. The summed E-state index contributed by atoms with van der Waals surface area (Å²) in [6.07, 6.45) is -2.00. The zero-order valence-corrected chi connectivity index (χ0v) is 13.2. The lowest BCUT2D eigenvalue weighted by Gasteiger charge is -2.40. The van der Waals surface area contributed by atoms with Gasteiger partial charge in [0.05, 0.1) is 5.75 Å². The maximum Gasteiger partial charge on any atom is 0.408 e. The summed E-state index contributed by atoms with van der Waals surface area (Å²) < 4.78 is 65.0. The molecule has 1 N–H and O–H groups in total. The van der Waals surface area contributed by atoms with Crippen molar-refractivity contribution in [3.05, 3.63) is 0 Å². The topological polar surface area (TPSA) is 66.5 Å². The summed E-state index contributed by atoms with van der Waals surface area (Å²) in [7, 11) is -3.51. The van der Waals surface area contributed by atoms with Crippen molar-refractivity contribution in [2.75, 3.05) is 12.3 Å². The number of halogens is 3. The Kier molecular flexibility index (Phi) is 5.06. The summed E-state index contributed by atoms with van der Waals surface area (Å²) >= 11 is 0. The van der Waals surface area contributed by atoms with E-state index >= 15 is 0 Å². The minimum absolute atomic E-state index is 0.00304. The van der Waals surface area contributed by atoms with Crippen molar-refractivity contribution >= 4 is 15.9 Å². The predicted molar refractivity (Wildman–Crippen MR) is 74.5 cm³/mol. The average molecular weight is 342 g/mol. The van der Waals surface area contributed by atoms with Gasteiger partial charge in [0.1, 0.15) is 6.04 Å². The van der Waals surface area contributed by atoms with Gasteiger partial charge in [-0.15, -0.1) is 0 Å². The van der Waals surface area contributed by atoms with E-state index in [2.05, 4.69) is 4.72 Å². The van der Waals surface area contributed by atoms with Crippen molar-refractivity contribution in [3.8, 4) is 0 Å². The van der Waals surface area contributed by atoms with Gasteiger partial charge in [-0.1, -0.05) is 12.8 Å². The fourth-order valence-electron chi connectivity index (χ4n) is 2.80. The van der Waals surface area contributed by atoms with Gasteiger partial charge in [-0.25, -0.2) is 13.1 Å². The predicted octanol–water partition coefficient (Wildman–Crippen LogP) is 1.65. The number of rotatable bonds is 5. The highest BCUT2D eigenvalue weighted by atomic mass is 32.2. The molecule has 2 rings (SSSR count). The summed E-state index contributed by atoms with van der Waals surface area (Å²) in [4.78, 5) is 12.2. The van der Waals surface area contributed by atoms with Crippen molar-refractivity contribution in [3.63, 3.8) is 0 Å². The van der Waals surface area contributed by atoms with E-state index in [4.69, 9.17) is 0 Å². The summed E-state index contributed by atoms with van der Waals surface area (Å²) in [6.45, 7) is 0.838. The average Bonchev–Trinajstić information content (AvgIpc) is 3.18. The smallest absolute Gasteiger partial charge is 0.329 e. The van der Waals surface area contributed by atoms with Crippen molar-refractivity contribution < 1.29 is 26.4 Å². The van der Waals surface area contributed by atoms with E-state index in [0.717, 1.165) is 24.7 Å². The maximum absolute atomic E-state index is 12.9. The van der Waals surface area contributed by atoms with E-state index < -0.39 is 34.2 Å². The molecule has 1 aliphatic carbocycles. The van der Waals surface area contributed by atoms with Crippen molar-refractivity contribution in [1.29, 1.82) is 0 Å². The fraction of sp³-hybridized carbons (Fsp3) is 0.923. The van der Waals surface area contributed by atoms with E-state index in [1.165, 1.54) is 0 Å². The van der Waals surface area contributed by atoms with Gasteiger partial charge in [-0.2, -0.15) is 13.2 Å². The Bertz CT molecular complexity index is 517. The molecule has 0 aromatic heterocycles. The van der Waals surface area contributed by atoms with Crippen LogP contribution in [0.5, 0.6) is 0 Å². The molecule has 2 aliphatic rings. The van der Waals surface area contributed by atoms with Gasteiger partial charge in [-0.3, -0.25) is 4.79 Å². The Labute approximate surface area is 128 Å². The third kappa shape index (κ3) is 4.84. The highest BCUT2D eigenvalue weighted by Crippen LogP contribution is 2.33. The van der Waals surface area contributed by atoms with Crippen LogP contribution in [-0.4, -0.2) is 49.8 Å². The molecule has 1 heterocycles. The molecule has 1 amide bonds. The molecule has 0 radical (unpaired) electrons. The van der Waals surface area contributed by atoms with E-state index in [1.54, 1.807) is 0 Å².